The Morgan fingerprint density at radius 1 is 1.67 bits per heavy atom. The number of unbranched alkanes of at least 4 members (excludes halogenated alkanes) is 1. The highest BCUT2D eigenvalue weighted by Crippen LogP contribution is 2.27. The van der Waals surface area contributed by atoms with Crippen LogP contribution in [0.2, 0.25) is 0 Å². The zero-order valence-corrected chi connectivity index (χ0v) is 11.5. The number of hydrogen-bond donors (Lipinski definition) is 1. The lowest BCUT2D eigenvalue weighted by molar-refractivity contribution is 0.501. The molecular formula is C12H18BrNS. The molecule has 0 aliphatic rings. The molecule has 15 heavy (non-hydrogen) atoms. The molecule has 1 atom stereocenters. The van der Waals surface area contributed by atoms with Crippen molar-refractivity contribution in [1.29, 1.82) is 0 Å². The Balaban J connectivity index is 2.52. The molecule has 0 saturated carbocycles. The van der Waals surface area contributed by atoms with Crippen LogP contribution in [0, 0.1) is 0 Å². The molecule has 0 saturated heterocycles. The monoisotopic (exact) mass is 287 g/mol. The molecular weight excluding hydrogens is 270 g/mol. The minimum atomic E-state index is 0.498. The Hall–Kier alpha value is -0.120. The van der Waals surface area contributed by atoms with Gasteiger partial charge in [0.1, 0.15) is 0 Å². The van der Waals surface area contributed by atoms with Gasteiger partial charge >= 0.3 is 0 Å². The number of rotatable bonds is 7. The topological polar surface area (TPSA) is 12.0 Å². The van der Waals surface area contributed by atoms with Gasteiger partial charge in [-0.05, 0) is 58.7 Å². The van der Waals surface area contributed by atoms with Gasteiger partial charge in [-0.15, -0.1) is 17.9 Å². The van der Waals surface area contributed by atoms with Gasteiger partial charge in [-0.25, -0.2) is 0 Å². The largest absolute Gasteiger partial charge is 0.310 e. The Labute approximate surface area is 105 Å². The van der Waals surface area contributed by atoms with E-state index in [0.717, 1.165) is 13.0 Å². The van der Waals surface area contributed by atoms with E-state index in [0.29, 0.717) is 6.04 Å². The van der Waals surface area contributed by atoms with E-state index in [1.807, 2.05) is 6.08 Å². The third kappa shape index (κ3) is 4.49. The first kappa shape index (κ1) is 12.9. The second-order valence-electron chi connectivity index (χ2n) is 3.51. The zero-order valence-electron chi connectivity index (χ0n) is 9.13. The number of halogens is 1. The van der Waals surface area contributed by atoms with Crippen LogP contribution in [0.3, 0.4) is 0 Å². The standard InChI is InChI=1S/C12H18BrNS/c1-3-5-6-7-11(14-4-2)10-8-12(13)15-9-10/h3,8-9,11,14H,1,4-7H2,2H3. The van der Waals surface area contributed by atoms with Crippen molar-refractivity contribution in [3.63, 3.8) is 0 Å². The molecule has 1 unspecified atom stereocenters. The van der Waals surface area contributed by atoms with E-state index in [9.17, 15) is 0 Å². The maximum Gasteiger partial charge on any atom is 0.0701 e. The lowest BCUT2D eigenvalue weighted by Crippen LogP contribution is -2.20. The lowest BCUT2D eigenvalue weighted by Gasteiger charge is -2.16. The van der Waals surface area contributed by atoms with E-state index < -0.39 is 0 Å². The summed E-state index contributed by atoms with van der Waals surface area (Å²) in [6, 6.07) is 2.71. The van der Waals surface area contributed by atoms with Gasteiger partial charge in [0.15, 0.2) is 0 Å². The van der Waals surface area contributed by atoms with Crippen molar-refractivity contribution >= 4 is 27.3 Å². The molecule has 0 spiro atoms. The highest BCUT2D eigenvalue weighted by molar-refractivity contribution is 9.11. The maximum atomic E-state index is 3.75. The van der Waals surface area contributed by atoms with Gasteiger partial charge in [0.25, 0.3) is 0 Å². The van der Waals surface area contributed by atoms with Crippen LogP contribution in [-0.4, -0.2) is 6.54 Å². The molecule has 1 heterocycles. The Bertz CT molecular complexity index is 296. The van der Waals surface area contributed by atoms with Crippen LogP contribution in [0.15, 0.2) is 27.9 Å². The van der Waals surface area contributed by atoms with Crippen molar-refractivity contribution in [3.8, 4) is 0 Å². The molecule has 0 radical (unpaired) electrons. The normalized spacial score (nSPS) is 12.7. The van der Waals surface area contributed by atoms with Crippen LogP contribution < -0.4 is 5.32 Å². The molecule has 1 nitrogen and oxygen atoms in total. The average Bonchev–Trinajstić information content (AvgIpc) is 2.64. The van der Waals surface area contributed by atoms with Crippen molar-refractivity contribution in [1.82, 2.24) is 5.32 Å². The Morgan fingerprint density at radius 3 is 3.00 bits per heavy atom. The van der Waals surface area contributed by atoms with Crippen LogP contribution in [0.25, 0.3) is 0 Å². The summed E-state index contributed by atoms with van der Waals surface area (Å²) in [5, 5.41) is 5.75. The Morgan fingerprint density at radius 2 is 2.47 bits per heavy atom. The van der Waals surface area contributed by atoms with E-state index in [1.165, 1.54) is 22.2 Å². The van der Waals surface area contributed by atoms with E-state index in [4.69, 9.17) is 0 Å². The number of nitrogens with one attached hydrogen (secondary N) is 1. The van der Waals surface area contributed by atoms with Gasteiger partial charge in [0.2, 0.25) is 0 Å². The minimum Gasteiger partial charge on any atom is -0.310 e. The fourth-order valence-electron chi connectivity index (χ4n) is 1.61. The summed E-state index contributed by atoms with van der Waals surface area (Å²) in [5.41, 5.74) is 1.40. The summed E-state index contributed by atoms with van der Waals surface area (Å²) in [5.74, 6) is 0. The highest BCUT2D eigenvalue weighted by atomic mass is 79.9. The molecule has 0 aliphatic carbocycles. The highest BCUT2D eigenvalue weighted by Gasteiger charge is 2.10. The van der Waals surface area contributed by atoms with E-state index in [1.54, 1.807) is 11.3 Å². The summed E-state index contributed by atoms with van der Waals surface area (Å²) >= 11 is 5.26. The fraction of sp³-hybridized carbons (Fsp3) is 0.500. The second-order valence-corrected chi connectivity index (χ2v) is 5.80. The molecule has 0 fully saturated rings. The van der Waals surface area contributed by atoms with Crippen LogP contribution in [-0.2, 0) is 0 Å². The molecule has 0 amide bonds. The molecule has 0 bridgehead atoms. The molecule has 3 heteroatoms. The number of hydrogen-bond acceptors (Lipinski definition) is 2. The summed E-state index contributed by atoms with van der Waals surface area (Å²) in [6.45, 7) is 6.93. The number of allylic oxidation sites excluding steroid dienone is 1. The van der Waals surface area contributed by atoms with E-state index in [2.05, 4.69) is 46.2 Å². The van der Waals surface area contributed by atoms with Crippen molar-refractivity contribution in [2.75, 3.05) is 6.54 Å². The first-order valence-electron chi connectivity index (χ1n) is 5.36. The summed E-state index contributed by atoms with van der Waals surface area (Å²) in [7, 11) is 0. The van der Waals surface area contributed by atoms with Gasteiger partial charge < -0.3 is 5.32 Å². The van der Waals surface area contributed by atoms with Crippen LogP contribution in [0.4, 0.5) is 0 Å². The van der Waals surface area contributed by atoms with Crippen LogP contribution >= 0.6 is 27.3 Å². The predicted octanol–water partition coefficient (Wildman–Crippen LogP) is 4.52. The average molecular weight is 288 g/mol. The van der Waals surface area contributed by atoms with Gasteiger partial charge in [0, 0.05) is 6.04 Å². The predicted molar refractivity (Wildman–Crippen MR) is 72.5 cm³/mol. The van der Waals surface area contributed by atoms with Crippen molar-refractivity contribution in [3.05, 3.63) is 33.5 Å². The molecule has 1 aromatic heterocycles. The van der Waals surface area contributed by atoms with Crippen LogP contribution in [0.5, 0.6) is 0 Å². The molecule has 1 rings (SSSR count). The third-order valence-corrected chi connectivity index (χ3v) is 3.86. The first-order chi connectivity index (χ1) is 7.27. The van der Waals surface area contributed by atoms with E-state index in [-0.39, 0.29) is 0 Å². The Kier molecular flexibility index (Phi) is 6.22. The summed E-state index contributed by atoms with van der Waals surface area (Å²) in [6.07, 6.45) is 5.48. The van der Waals surface area contributed by atoms with Crippen molar-refractivity contribution in [2.45, 2.75) is 32.2 Å². The second kappa shape index (κ2) is 7.20. The van der Waals surface area contributed by atoms with Gasteiger partial charge in [-0.1, -0.05) is 13.0 Å². The molecule has 0 aliphatic heterocycles. The van der Waals surface area contributed by atoms with Gasteiger partial charge in [-0.3, -0.25) is 0 Å². The fourth-order valence-corrected chi connectivity index (χ4v) is 2.84. The third-order valence-electron chi connectivity index (χ3n) is 2.34. The minimum absolute atomic E-state index is 0.498. The lowest BCUT2D eigenvalue weighted by atomic mass is 10.0. The SMILES string of the molecule is C=CCCCC(NCC)c1csc(Br)c1. The van der Waals surface area contributed by atoms with Gasteiger partial charge in [-0.2, -0.15) is 0 Å². The zero-order chi connectivity index (χ0) is 11.1. The van der Waals surface area contributed by atoms with Gasteiger partial charge in [0.05, 0.1) is 3.79 Å². The molecule has 1 aromatic rings. The van der Waals surface area contributed by atoms with Crippen LogP contribution in [0.1, 0.15) is 37.8 Å². The van der Waals surface area contributed by atoms with Crippen molar-refractivity contribution in [2.24, 2.45) is 0 Å². The molecule has 1 N–H and O–H groups in total. The van der Waals surface area contributed by atoms with Crippen molar-refractivity contribution < 1.29 is 0 Å². The quantitative estimate of drug-likeness (QED) is 0.574. The smallest absolute Gasteiger partial charge is 0.0701 e. The summed E-state index contributed by atoms with van der Waals surface area (Å²) in [4.78, 5) is 0. The van der Waals surface area contributed by atoms with E-state index >= 15 is 0 Å². The molecule has 0 aromatic carbocycles. The molecule has 84 valence electrons. The summed E-state index contributed by atoms with van der Waals surface area (Å²) < 4.78 is 1.21. The first-order valence-corrected chi connectivity index (χ1v) is 7.03. The maximum absolute atomic E-state index is 3.75. The number of thiophene rings is 1.